The number of pyridine rings is 1. The van der Waals surface area contributed by atoms with E-state index in [0.717, 1.165) is 48.6 Å². The number of rotatable bonds is 8. The van der Waals surface area contributed by atoms with Crippen LogP contribution in [-0.2, 0) is 10.0 Å². The Morgan fingerprint density at radius 3 is 2.56 bits per heavy atom. The van der Waals surface area contributed by atoms with Crippen molar-refractivity contribution in [2.75, 3.05) is 33.2 Å². The van der Waals surface area contributed by atoms with E-state index in [-0.39, 0.29) is 18.5 Å². The summed E-state index contributed by atoms with van der Waals surface area (Å²) in [6, 6.07) is 12.5. The molecule has 4 rings (SSSR count). The molecule has 11 heteroatoms. The van der Waals surface area contributed by atoms with Crippen molar-refractivity contribution in [1.29, 1.82) is 0 Å². The predicted molar refractivity (Wildman–Crippen MR) is 131 cm³/mol. The lowest BCUT2D eigenvalue weighted by molar-refractivity contribution is 0.0983. The zero-order chi connectivity index (χ0) is 23.4. The number of aromatic nitrogens is 1. The molecule has 0 N–H and O–H groups in total. The number of likely N-dealkylation sites (tertiary alicyclic amines) is 1. The van der Waals surface area contributed by atoms with Crippen molar-refractivity contribution in [3.8, 4) is 16.3 Å². The van der Waals surface area contributed by atoms with E-state index in [0.29, 0.717) is 23.0 Å². The summed E-state index contributed by atoms with van der Waals surface area (Å²) in [6.07, 6.45) is 3.06. The van der Waals surface area contributed by atoms with E-state index in [4.69, 9.17) is 4.74 Å². The highest BCUT2D eigenvalue weighted by Crippen LogP contribution is 2.31. The van der Waals surface area contributed by atoms with Gasteiger partial charge in [0.2, 0.25) is 0 Å². The molecule has 3 heterocycles. The first-order valence-corrected chi connectivity index (χ1v) is 12.9. The van der Waals surface area contributed by atoms with Crippen LogP contribution in [0.25, 0.3) is 10.6 Å². The van der Waals surface area contributed by atoms with Crippen LogP contribution in [-0.4, -0.2) is 61.9 Å². The molecule has 1 aliphatic rings. The molecule has 0 amide bonds. The number of thiophene rings is 1. The summed E-state index contributed by atoms with van der Waals surface area (Å²) in [7, 11) is -1.99. The van der Waals surface area contributed by atoms with Gasteiger partial charge < -0.3 is 9.64 Å². The van der Waals surface area contributed by atoms with E-state index in [1.54, 1.807) is 25.4 Å². The minimum atomic E-state index is -3.58. The lowest BCUT2D eigenvalue weighted by Gasteiger charge is -2.33. The molecular formula is C23H26ClF2N3O3S2. The number of ether oxygens (including phenoxy) is 1. The van der Waals surface area contributed by atoms with Crippen molar-refractivity contribution in [2.24, 2.45) is 0 Å². The average molecular weight is 530 g/mol. The molecule has 184 valence electrons. The van der Waals surface area contributed by atoms with Gasteiger partial charge in [0.15, 0.2) is 11.6 Å². The van der Waals surface area contributed by atoms with Gasteiger partial charge in [-0.3, -0.25) is 4.98 Å². The van der Waals surface area contributed by atoms with Gasteiger partial charge in [-0.25, -0.2) is 17.2 Å². The number of benzene rings is 1. The Bertz CT molecular complexity index is 1190. The van der Waals surface area contributed by atoms with Crippen LogP contribution in [0.3, 0.4) is 0 Å². The number of nitrogens with zero attached hydrogens (tertiary/aromatic N) is 3. The topological polar surface area (TPSA) is 62.7 Å². The first kappa shape index (κ1) is 26.5. The van der Waals surface area contributed by atoms with E-state index in [2.05, 4.69) is 9.88 Å². The van der Waals surface area contributed by atoms with Crippen molar-refractivity contribution in [1.82, 2.24) is 14.2 Å². The molecule has 1 aromatic carbocycles. The van der Waals surface area contributed by atoms with Gasteiger partial charge in [-0.15, -0.1) is 23.7 Å². The van der Waals surface area contributed by atoms with Gasteiger partial charge in [-0.05, 0) is 49.2 Å². The van der Waals surface area contributed by atoms with E-state index in [9.17, 15) is 17.2 Å². The second kappa shape index (κ2) is 11.5. The Balaban J connectivity index is 0.00000324. The lowest BCUT2D eigenvalue weighted by atomic mass is 10.1. The Morgan fingerprint density at radius 2 is 1.88 bits per heavy atom. The van der Waals surface area contributed by atoms with Gasteiger partial charge in [-0.2, -0.15) is 4.31 Å². The van der Waals surface area contributed by atoms with E-state index >= 15 is 0 Å². The Hall–Kier alpha value is -2.11. The molecule has 0 atom stereocenters. The van der Waals surface area contributed by atoms with Crippen molar-refractivity contribution >= 4 is 33.8 Å². The molecule has 3 aromatic rings. The molecule has 1 saturated heterocycles. The first-order chi connectivity index (χ1) is 15.8. The number of piperidine rings is 1. The van der Waals surface area contributed by atoms with Gasteiger partial charge in [-0.1, -0.05) is 6.07 Å². The van der Waals surface area contributed by atoms with Crippen molar-refractivity contribution in [2.45, 2.75) is 23.2 Å². The highest BCUT2D eigenvalue weighted by molar-refractivity contribution is 7.91. The van der Waals surface area contributed by atoms with Crippen LogP contribution < -0.4 is 4.74 Å². The summed E-state index contributed by atoms with van der Waals surface area (Å²) in [6.45, 7) is 2.45. The maximum Gasteiger partial charge on any atom is 0.252 e. The normalized spacial score (nSPS) is 15.3. The van der Waals surface area contributed by atoms with E-state index < -0.39 is 21.7 Å². The maximum atomic E-state index is 13.4. The SMILES string of the molecule is CN(CCN1CCC(Oc2ccc(F)c(F)c2)CC1)S(=O)(=O)c1ccc(-c2ccccn2)s1.Cl. The third-order valence-electron chi connectivity index (χ3n) is 5.62. The fraction of sp³-hybridized carbons (Fsp3) is 0.348. The molecule has 1 aliphatic heterocycles. The monoisotopic (exact) mass is 529 g/mol. The highest BCUT2D eigenvalue weighted by atomic mass is 35.5. The smallest absolute Gasteiger partial charge is 0.252 e. The van der Waals surface area contributed by atoms with Crippen LogP contribution in [0, 0.1) is 11.6 Å². The molecule has 2 aromatic heterocycles. The Labute approximate surface area is 208 Å². The second-order valence-electron chi connectivity index (χ2n) is 7.89. The summed E-state index contributed by atoms with van der Waals surface area (Å²) in [5.74, 6) is -1.50. The molecule has 34 heavy (non-hydrogen) atoms. The van der Waals surface area contributed by atoms with Gasteiger partial charge in [0, 0.05) is 45.5 Å². The van der Waals surface area contributed by atoms with Crippen molar-refractivity contribution in [3.05, 3.63) is 66.4 Å². The third-order valence-corrected chi connectivity index (χ3v) is 9.05. The Kier molecular flexibility index (Phi) is 9.00. The molecule has 6 nitrogen and oxygen atoms in total. The fourth-order valence-electron chi connectivity index (χ4n) is 3.65. The predicted octanol–water partition coefficient (Wildman–Crippen LogP) is 4.67. The molecule has 0 radical (unpaired) electrons. The molecule has 0 unspecified atom stereocenters. The van der Waals surface area contributed by atoms with Gasteiger partial charge in [0.1, 0.15) is 16.1 Å². The van der Waals surface area contributed by atoms with Crippen LogP contribution in [0.1, 0.15) is 12.8 Å². The number of hydrogen-bond acceptors (Lipinski definition) is 6. The number of sulfonamides is 1. The van der Waals surface area contributed by atoms with Crippen LogP contribution in [0.15, 0.2) is 58.9 Å². The van der Waals surface area contributed by atoms with E-state index in [1.807, 2.05) is 18.2 Å². The number of likely N-dealkylation sites (N-methyl/N-ethyl adjacent to an activating group) is 1. The van der Waals surface area contributed by atoms with Gasteiger partial charge in [0.25, 0.3) is 10.0 Å². The van der Waals surface area contributed by atoms with Crippen molar-refractivity contribution < 1.29 is 21.9 Å². The summed E-state index contributed by atoms with van der Waals surface area (Å²) < 4.78 is 59.8. The first-order valence-electron chi connectivity index (χ1n) is 10.6. The Morgan fingerprint density at radius 1 is 1.12 bits per heavy atom. The second-order valence-corrected chi connectivity index (χ2v) is 11.3. The molecular weight excluding hydrogens is 504 g/mol. The zero-order valence-corrected chi connectivity index (χ0v) is 21.0. The standard InChI is InChI=1S/C23H25F2N3O3S2.ClH/c1-27(33(29,30)23-8-7-22(32-23)21-4-2-3-11-26-21)14-15-28-12-9-17(10-13-28)31-18-5-6-19(24)20(25)16-18;/h2-8,11,16-17H,9-10,12-15H2,1H3;1H. The zero-order valence-electron chi connectivity index (χ0n) is 18.6. The third kappa shape index (κ3) is 6.31. The highest BCUT2D eigenvalue weighted by Gasteiger charge is 2.25. The average Bonchev–Trinajstić information content (AvgIpc) is 3.33. The van der Waals surface area contributed by atoms with E-state index in [1.165, 1.54) is 21.7 Å². The summed E-state index contributed by atoms with van der Waals surface area (Å²) in [5.41, 5.74) is 0.750. The summed E-state index contributed by atoms with van der Waals surface area (Å²) in [4.78, 5) is 7.27. The minimum absolute atomic E-state index is 0. The maximum absolute atomic E-state index is 13.4. The van der Waals surface area contributed by atoms with Crippen LogP contribution in [0.2, 0.25) is 0 Å². The van der Waals surface area contributed by atoms with Crippen LogP contribution in [0.5, 0.6) is 5.75 Å². The summed E-state index contributed by atoms with van der Waals surface area (Å²) >= 11 is 1.21. The van der Waals surface area contributed by atoms with Gasteiger partial charge in [0.05, 0.1) is 10.6 Å². The molecule has 0 spiro atoms. The minimum Gasteiger partial charge on any atom is -0.490 e. The molecule has 0 saturated carbocycles. The molecule has 0 bridgehead atoms. The molecule has 1 fully saturated rings. The fourth-order valence-corrected chi connectivity index (χ4v) is 6.31. The largest absolute Gasteiger partial charge is 0.490 e. The number of hydrogen-bond donors (Lipinski definition) is 0. The quantitative estimate of drug-likeness (QED) is 0.424. The number of halogens is 3. The van der Waals surface area contributed by atoms with Crippen molar-refractivity contribution in [3.63, 3.8) is 0 Å². The van der Waals surface area contributed by atoms with Gasteiger partial charge >= 0.3 is 0 Å². The van der Waals surface area contributed by atoms with Crippen LogP contribution in [0.4, 0.5) is 8.78 Å². The van der Waals surface area contributed by atoms with Crippen LogP contribution >= 0.6 is 23.7 Å². The lowest BCUT2D eigenvalue weighted by Crippen LogP contribution is -2.42. The summed E-state index contributed by atoms with van der Waals surface area (Å²) in [5, 5.41) is 0. The molecule has 0 aliphatic carbocycles.